The van der Waals surface area contributed by atoms with Gasteiger partial charge in [-0.15, -0.1) is 12.4 Å². The lowest BCUT2D eigenvalue weighted by atomic mass is 10.2. The Balaban J connectivity index is 0.00000289. The molecule has 0 aromatic heterocycles. The van der Waals surface area contributed by atoms with Gasteiger partial charge in [0.1, 0.15) is 0 Å². The van der Waals surface area contributed by atoms with Gasteiger partial charge in [0.15, 0.2) is 0 Å². The number of halogens is 2. The summed E-state index contributed by atoms with van der Waals surface area (Å²) in [5.74, 6) is -0.0639. The summed E-state index contributed by atoms with van der Waals surface area (Å²) in [4.78, 5) is 11.8. The van der Waals surface area contributed by atoms with Crippen molar-refractivity contribution in [2.45, 2.75) is 0 Å². The maximum absolute atomic E-state index is 11.8. The molecule has 0 heterocycles. The third-order valence-electron chi connectivity index (χ3n) is 2.19. The van der Waals surface area contributed by atoms with Gasteiger partial charge in [-0.25, -0.2) is 0 Å². The fourth-order valence-corrected chi connectivity index (χ4v) is 1.77. The van der Waals surface area contributed by atoms with Crippen LogP contribution in [-0.2, 0) is 4.74 Å². The number of carbonyl (C=O) groups excluding carboxylic acids is 1. The van der Waals surface area contributed by atoms with E-state index in [2.05, 4.69) is 26.6 Å². The molecule has 0 aliphatic carbocycles. The minimum absolute atomic E-state index is 0. The van der Waals surface area contributed by atoms with Crippen molar-refractivity contribution in [3.8, 4) is 0 Å². The van der Waals surface area contributed by atoms with Gasteiger partial charge in [0.2, 0.25) is 0 Å². The van der Waals surface area contributed by atoms with Crippen molar-refractivity contribution in [3.05, 3.63) is 34.3 Å². The first kappa shape index (κ1) is 17.4. The zero-order valence-electron chi connectivity index (χ0n) is 10.2. The van der Waals surface area contributed by atoms with Crippen molar-refractivity contribution in [3.63, 3.8) is 0 Å². The predicted molar refractivity (Wildman–Crippen MR) is 78.5 cm³/mol. The summed E-state index contributed by atoms with van der Waals surface area (Å²) in [7, 11) is 1.66. The Morgan fingerprint density at radius 1 is 1.28 bits per heavy atom. The number of rotatable bonds is 7. The molecule has 1 amide bonds. The SMILES string of the molecule is COCCNCCNC(=O)c1ccccc1Br.Cl. The van der Waals surface area contributed by atoms with E-state index < -0.39 is 0 Å². The third-order valence-corrected chi connectivity index (χ3v) is 2.88. The molecule has 4 nitrogen and oxygen atoms in total. The lowest BCUT2D eigenvalue weighted by molar-refractivity contribution is 0.0953. The molecular weight excluding hydrogens is 320 g/mol. The zero-order valence-corrected chi connectivity index (χ0v) is 12.6. The van der Waals surface area contributed by atoms with Crippen LogP contribution in [0.15, 0.2) is 28.7 Å². The van der Waals surface area contributed by atoms with Crippen LogP contribution in [0, 0.1) is 0 Å². The van der Waals surface area contributed by atoms with Crippen LogP contribution in [-0.4, -0.2) is 39.3 Å². The summed E-state index contributed by atoms with van der Waals surface area (Å²) in [6.07, 6.45) is 0. The summed E-state index contributed by atoms with van der Waals surface area (Å²) in [6, 6.07) is 7.37. The largest absolute Gasteiger partial charge is 0.383 e. The summed E-state index contributed by atoms with van der Waals surface area (Å²) < 4.78 is 5.71. The molecule has 102 valence electrons. The van der Waals surface area contributed by atoms with E-state index in [0.29, 0.717) is 18.7 Å². The van der Waals surface area contributed by atoms with Gasteiger partial charge in [0.05, 0.1) is 12.2 Å². The minimum atomic E-state index is -0.0639. The van der Waals surface area contributed by atoms with Crippen LogP contribution < -0.4 is 10.6 Å². The molecule has 1 rings (SSSR count). The molecule has 0 atom stereocenters. The fraction of sp³-hybridized carbons (Fsp3) is 0.417. The van der Waals surface area contributed by atoms with Crippen LogP contribution in [0.2, 0.25) is 0 Å². The van der Waals surface area contributed by atoms with E-state index in [9.17, 15) is 4.79 Å². The predicted octanol–water partition coefficient (Wildman–Crippen LogP) is 1.84. The molecule has 0 fully saturated rings. The molecule has 0 bridgehead atoms. The first-order valence-electron chi connectivity index (χ1n) is 5.48. The topological polar surface area (TPSA) is 50.4 Å². The molecule has 0 aliphatic heterocycles. The van der Waals surface area contributed by atoms with Gasteiger partial charge in [0.25, 0.3) is 5.91 Å². The van der Waals surface area contributed by atoms with Crippen molar-refractivity contribution in [1.82, 2.24) is 10.6 Å². The van der Waals surface area contributed by atoms with Crippen LogP contribution in [0.25, 0.3) is 0 Å². The number of hydrogen-bond donors (Lipinski definition) is 2. The van der Waals surface area contributed by atoms with Crippen molar-refractivity contribution >= 4 is 34.2 Å². The van der Waals surface area contributed by atoms with Crippen molar-refractivity contribution < 1.29 is 9.53 Å². The van der Waals surface area contributed by atoms with Crippen molar-refractivity contribution in [1.29, 1.82) is 0 Å². The maximum atomic E-state index is 11.8. The van der Waals surface area contributed by atoms with Gasteiger partial charge in [0, 0.05) is 31.2 Å². The first-order chi connectivity index (χ1) is 8.25. The van der Waals surface area contributed by atoms with Crippen LogP contribution in [0.1, 0.15) is 10.4 Å². The van der Waals surface area contributed by atoms with Gasteiger partial charge in [-0.05, 0) is 28.1 Å². The van der Waals surface area contributed by atoms with Gasteiger partial charge >= 0.3 is 0 Å². The van der Waals surface area contributed by atoms with Gasteiger partial charge in [-0.3, -0.25) is 4.79 Å². The van der Waals surface area contributed by atoms with Gasteiger partial charge in [-0.1, -0.05) is 12.1 Å². The molecule has 0 spiro atoms. The van der Waals surface area contributed by atoms with Crippen molar-refractivity contribution in [2.24, 2.45) is 0 Å². The smallest absolute Gasteiger partial charge is 0.252 e. The Morgan fingerprint density at radius 3 is 2.67 bits per heavy atom. The lowest BCUT2D eigenvalue weighted by Gasteiger charge is -2.07. The van der Waals surface area contributed by atoms with E-state index in [1.165, 1.54) is 0 Å². The van der Waals surface area contributed by atoms with E-state index in [1.54, 1.807) is 13.2 Å². The normalized spacial score (nSPS) is 9.67. The van der Waals surface area contributed by atoms with Gasteiger partial charge < -0.3 is 15.4 Å². The molecule has 0 unspecified atom stereocenters. The molecule has 0 saturated heterocycles. The second-order valence-electron chi connectivity index (χ2n) is 3.48. The fourth-order valence-electron chi connectivity index (χ4n) is 1.30. The molecule has 18 heavy (non-hydrogen) atoms. The third kappa shape index (κ3) is 6.35. The summed E-state index contributed by atoms with van der Waals surface area (Å²) in [5.41, 5.74) is 0.657. The molecule has 1 aromatic rings. The minimum Gasteiger partial charge on any atom is -0.383 e. The maximum Gasteiger partial charge on any atom is 0.252 e. The number of nitrogens with one attached hydrogen (secondary N) is 2. The molecule has 1 aromatic carbocycles. The molecule has 6 heteroatoms. The van der Waals surface area contributed by atoms with E-state index in [1.807, 2.05) is 18.2 Å². The molecular formula is C12H18BrClN2O2. The van der Waals surface area contributed by atoms with Crippen LogP contribution in [0.3, 0.4) is 0 Å². The van der Waals surface area contributed by atoms with Gasteiger partial charge in [-0.2, -0.15) is 0 Å². The number of methoxy groups -OCH3 is 1. The van der Waals surface area contributed by atoms with E-state index in [-0.39, 0.29) is 18.3 Å². The Hall–Kier alpha value is -0.620. The average molecular weight is 338 g/mol. The van der Waals surface area contributed by atoms with Crippen molar-refractivity contribution in [2.75, 3.05) is 33.4 Å². The van der Waals surface area contributed by atoms with Crippen LogP contribution in [0.5, 0.6) is 0 Å². The number of benzene rings is 1. The number of ether oxygens (including phenoxy) is 1. The molecule has 0 saturated carbocycles. The highest BCUT2D eigenvalue weighted by molar-refractivity contribution is 9.10. The number of amides is 1. The summed E-state index contributed by atoms with van der Waals surface area (Å²) >= 11 is 3.35. The van der Waals surface area contributed by atoms with Crippen LogP contribution >= 0.6 is 28.3 Å². The molecule has 0 aliphatic rings. The molecule has 2 N–H and O–H groups in total. The standard InChI is InChI=1S/C12H17BrN2O2.ClH/c1-17-9-8-14-6-7-15-12(16)10-4-2-3-5-11(10)13;/h2-5,14H,6-9H2,1H3,(H,15,16);1H. The second-order valence-corrected chi connectivity index (χ2v) is 4.33. The highest BCUT2D eigenvalue weighted by Crippen LogP contribution is 2.15. The summed E-state index contributed by atoms with van der Waals surface area (Å²) in [6.45, 7) is 2.81. The quantitative estimate of drug-likeness (QED) is 0.747. The zero-order chi connectivity index (χ0) is 12.5. The first-order valence-corrected chi connectivity index (χ1v) is 6.27. The highest BCUT2D eigenvalue weighted by Gasteiger charge is 2.07. The summed E-state index contributed by atoms with van der Waals surface area (Å²) in [5, 5.41) is 6.00. The Labute approximate surface area is 122 Å². The number of carbonyl (C=O) groups is 1. The number of hydrogen-bond acceptors (Lipinski definition) is 3. The second kappa shape index (κ2) is 10.3. The Kier molecular flexibility index (Phi) is 9.96. The van der Waals surface area contributed by atoms with Crippen LogP contribution in [0.4, 0.5) is 0 Å². The van der Waals surface area contributed by atoms with E-state index >= 15 is 0 Å². The highest BCUT2D eigenvalue weighted by atomic mass is 79.9. The monoisotopic (exact) mass is 336 g/mol. The van der Waals surface area contributed by atoms with E-state index in [0.717, 1.165) is 17.6 Å². The molecule has 0 radical (unpaired) electrons. The Morgan fingerprint density at radius 2 is 2.00 bits per heavy atom. The average Bonchev–Trinajstić information content (AvgIpc) is 2.34. The van der Waals surface area contributed by atoms with E-state index in [4.69, 9.17) is 4.74 Å². The lowest BCUT2D eigenvalue weighted by Crippen LogP contribution is -2.33. The Bertz CT molecular complexity index is 364.